The summed E-state index contributed by atoms with van der Waals surface area (Å²) in [7, 11) is 0. The Morgan fingerprint density at radius 3 is 3.04 bits per heavy atom. The Balaban J connectivity index is 1.39. The first-order chi connectivity index (χ1) is 12.6. The quantitative estimate of drug-likeness (QED) is 0.760. The number of hydrogen-bond acceptors (Lipinski definition) is 5. The van der Waals surface area contributed by atoms with Gasteiger partial charge in [-0.2, -0.15) is 0 Å². The van der Waals surface area contributed by atoms with E-state index < -0.39 is 5.82 Å². The molecule has 0 radical (unpaired) electrons. The van der Waals surface area contributed by atoms with Crippen LogP contribution in [0.5, 0.6) is 0 Å². The zero-order valence-corrected chi connectivity index (χ0v) is 14.9. The average molecular weight is 383 g/mol. The lowest BCUT2D eigenvalue weighted by Gasteiger charge is -2.08. The van der Waals surface area contributed by atoms with Gasteiger partial charge in [0.05, 0.1) is 30.4 Å². The summed E-state index contributed by atoms with van der Waals surface area (Å²) in [6, 6.07) is 6.11. The number of carbonyl (C=O) groups is 1. The Labute approximate surface area is 155 Å². The van der Waals surface area contributed by atoms with Crippen molar-refractivity contribution in [1.82, 2.24) is 10.5 Å². The van der Waals surface area contributed by atoms with Gasteiger partial charge < -0.3 is 19.3 Å². The molecule has 1 fully saturated rings. The second kappa shape index (κ2) is 9.12. The van der Waals surface area contributed by atoms with Gasteiger partial charge in [0.2, 0.25) is 5.91 Å². The van der Waals surface area contributed by atoms with Crippen molar-refractivity contribution in [3.05, 3.63) is 52.1 Å². The molecular weight excluding hydrogens is 363 g/mol. The Bertz CT molecular complexity index is 747. The maximum absolute atomic E-state index is 13.1. The predicted molar refractivity (Wildman–Crippen MR) is 92.0 cm³/mol. The van der Waals surface area contributed by atoms with E-state index in [2.05, 4.69) is 10.5 Å². The van der Waals surface area contributed by atoms with E-state index in [1.165, 1.54) is 12.1 Å². The van der Waals surface area contributed by atoms with E-state index >= 15 is 0 Å². The second-order valence-electron chi connectivity index (χ2n) is 6.24. The molecule has 0 bridgehead atoms. The highest BCUT2D eigenvalue weighted by Crippen LogP contribution is 2.17. The molecule has 3 rings (SSSR count). The first-order valence-corrected chi connectivity index (χ1v) is 8.78. The fourth-order valence-electron chi connectivity index (χ4n) is 2.64. The number of ether oxygens (including phenoxy) is 2. The lowest BCUT2D eigenvalue weighted by molar-refractivity contribution is -0.120. The first-order valence-electron chi connectivity index (χ1n) is 8.40. The average Bonchev–Trinajstić information content (AvgIpc) is 3.28. The van der Waals surface area contributed by atoms with Crippen molar-refractivity contribution in [2.24, 2.45) is 5.92 Å². The van der Waals surface area contributed by atoms with Gasteiger partial charge >= 0.3 is 0 Å². The second-order valence-corrected chi connectivity index (χ2v) is 6.64. The number of rotatable bonds is 8. The van der Waals surface area contributed by atoms with E-state index in [-0.39, 0.29) is 30.6 Å². The summed E-state index contributed by atoms with van der Waals surface area (Å²) >= 11 is 5.72. The minimum Gasteiger partial charge on any atom is -0.381 e. The summed E-state index contributed by atoms with van der Waals surface area (Å²) in [5.74, 6) is 0.345. The molecule has 1 N–H and O–H groups in total. The lowest BCUT2D eigenvalue weighted by atomic mass is 10.1. The van der Waals surface area contributed by atoms with Crippen LogP contribution in [0.3, 0.4) is 0 Å². The molecule has 140 valence electrons. The van der Waals surface area contributed by atoms with Crippen LogP contribution in [-0.2, 0) is 33.9 Å². The van der Waals surface area contributed by atoms with E-state index in [4.69, 9.17) is 25.6 Å². The molecule has 1 aromatic heterocycles. The van der Waals surface area contributed by atoms with Gasteiger partial charge in [-0.1, -0.05) is 22.8 Å². The van der Waals surface area contributed by atoms with Gasteiger partial charge in [0.25, 0.3) is 0 Å². The normalized spacial score (nSPS) is 16.8. The Hall–Kier alpha value is -1.96. The molecule has 2 aromatic rings. The molecule has 8 heteroatoms. The minimum absolute atomic E-state index is 0.0585. The van der Waals surface area contributed by atoms with E-state index in [0.717, 1.165) is 18.6 Å². The summed E-state index contributed by atoms with van der Waals surface area (Å²) in [4.78, 5) is 11.9. The van der Waals surface area contributed by atoms with Crippen LogP contribution in [0.25, 0.3) is 0 Å². The largest absolute Gasteiger partial charge is 0.381 e. The molecule has 2 heterocycles. The Morgan fingerprint density at radius 2 is 2.27 bits per heavy atom. The van der Waals surface area contributed by atoms with Gasteiger partial charge in [-0.15, -0.1) is 0 Å². The molecular formula is C18H20ClFN2O4. The van der Waals surface area contributed by atoms with Gasteiger partial charge in [-0.25, -0.2) is 4.39 Å². The zero-order chi connectivity index (χ0) is 18.4. The van der Waals surface area contributed by atoms with E-state index in [0.29, 0.717) is 30.5 Å². The van der Waals surface area contributed by atoms with Crippen molar-refractivity contribution in [1.29, 1.82) is 0 Å². The van der Waals surface area contributed by atoms with Crippen LogP contribution in [0.4, 0.5) is 4.39 Å². The summed E-state index contributed by atoms with van der Waals surface area (Å²) in [5.41, 5.74) is 1.31. The maximum atomic E-state index is 13.1. The molecule has 0 aliphatic carbocycles. The fraction of sp³-hybridized carbons (Fsp3) is 0.444. The summed E-state index contributed by atoms with van der Waals surface area (Å²) < 4.78 is 29.0. The fourth-order valence-corrected chi connectivity index (χ4v) is 2.84. The standard InChI is InChI=1S/C18H20ClFN2O4/c19-16-5-12(1-2-17(16)20)9-25-11-15-6-14(22-26-15)7-18(23)21-8-13-3-4-24-10-13/h1-2,5-6,13H,3-4,7-11H2,(H,21,23). The van der Waals surface area contributed by atoms with Crippen LogP contribution < -0.4 is 5.32 Å². The van der Waals surface area contributed by atoms with Crippen molar-refractivity contribution in [2.75, 3.05) is 19.8 Å². The molecule has 1 amide bonds. The number of hydrogen-bond donors (Lipinski definition) is 1. The summed E-state index contributed by atoms with van der Waals surface area (Å²) in [6.07, 6.45) is 1.13. The zero-order valence-electron chi connectivity index (χ0n) is 14.2. The van der Waals surface area contributed by atoms with Crippen LogP contribution in [0.1, 0.15) is 23.4 Å². The van der Waals surface area contributed by atoms with Crippen molar-refractivity contribution >= 4 is 17.5 Å². The van der Waals surface area contributed by atoms with E-state index in [1.807, 2.05) is 0 Å². The molecule has 1 saturated heterocycles. The van der Waals surface area contributed by atoms with Crippen LogP contribution >= 0.6 is 11.6 Å². The third kappa shape index (κ3) is 5.52. The SMILES string of the molecule is O=C(Cc1cc(COCc2ccc(F)c(Cl)c2)on1)NCC1CCOC1. The molecule has 26 heavy (non-hydrogen) atoms. The highest BCUT2D eigenvalue weighted by atomic mass is 35.5. The maximum Gasteiger partial charge on any atom is 0.226 e. The minimum atomic E-state index is -0.464. The molecule has 6 nitrogen and oxygen atoms in total. The first kappa shape index (κ1) is 18.8. The highest BCUT2D eigenvalue weighted by molar-refractivity contribution is 6.30. The van der Waals surface area contributed by atoms with Crippen LogP contribution in [0, 0.1) is 11.7 Å². The van der Waals surface area contributed by atoms with E-state index in [1.54, 1.807) is 12.1 Å². The number of aromatic nitrogens is 1. The number of nitrogens with zero attached hydrogens (tertiary/aromatic N) is 1. The van der Waals surface area contributed by atoms with Crippen molar-refractivity contribution in [3.63, 3.8) is 0 Å². The molecule has 0 spiro atoms. The number of carbonyl (C=O) groups excluding carboxylic acids is 1. The van der Waals surface area contributed by atoms with Gasteiger partial charge in [0, 0.05) is 25.1 Å². The van der Waals surface area contributed by atoms with Gasteiger partial charge in [0.15, 0.2) is 5.76 Å². The van der Waals surface area contributed by atoms with Crippen molar-refractivity contribution in [2.45, 2.75) is 26.1 Å². The van der Waals surface area contributed by atoms with Crippen LogP contribution in [0.15, 0.2) is 28.8 Å². The number of amides is 1. The summed E-state index contributed by atoms with van der Waals surface area (Å²) in [6.45, 7) is 2.54. The van der Waals surface area contributed by atoms with Gasteiger partial charge in [-0.3, -0.25) is 4.79 Å². The van der Waals surface area contributed by atoms with Crippen molar-refractivity contribution in [3.8, 4) is 0 Å². The van der Waals surface area contributed by atoms with Crippen LogP contribution in [0.2, 0.25) is 5.02 Å². The Kier molecular flexibility index (Phi) is 6.60. The van der Waals surface area contributed by atoms with Gasteiger partial charge in [0.1, 0.15) is 12.4 Å². The molecule has 1 aliphatic rings. The molecule has 1 aromatic carbocycles. The number of benzene rings is 1. The molecule has 0 saturated carbocycles. The molecule has 1 atom stereocenters. The van der Waals surface area contributed by atoms with Crippen LogP contribution in [-0.4, -0.2) is 30.8 Å². The molecule has 1 aliphatic heterocycles. The lowest BCUT2D eigenvalue weighted by Crippen LogP contribution is -2.30. The topological polar surface area (TPSA) is 73.6 Å². The Morgan fingerprint density at radius 1 is 1.38 bits per heavy atom. The monoisotopic (exact) mass is 382 g/mol. The van der Waals surface area contributed by atoms with Gasteiger partial charge in [-0.05, 0) is 24.1 Å². The van der Waals surface area contributed by atoms with Crippen molar-refractivity contribution < 1.29 is 23.2 Å². The van der Waals surface area contributed by atoms with E-state index in [9.17, 15) is 9.18 Å². The third-order valence-corrected chi connectivity index (χ3v) is 4.35. The third-order valence-electron chi connectivity index (χ3n) is 4.06. The number of halogens is 2. The number of nitrogens with one attached hydrogen (secondary N) is 1. The predicted octanol–water partition coefficient (Wildman–Crippen LogP) is 2.88. The smallest absolute Gasteiger partial charge is 0.226 e. The highest BCUT2D eigenvalue weighted by Gasteiger charge is 2.17. The molecule has 1 unspecified atom stereocenters. The summed E-state index contributed by atoms with van der Waals surface area (Å²) in [5, 5.41) is 6.82.